The highest BCUT2D eigenvalue weighted by Gasteiger charge is 2.26. The molecule has 106 valence electrons. The molecule has 2 rings (SSSR count). The number of thioether (sulfide) groups is 1. The maximum absolute atomic E-state index is 6.45. The van der Waals surface area contributed by atoms with Crippen molar-refractivity contribution >= 4 is 11.8 Å². The van der Waals surface area contributed by atoms with Gasteiger partial charge in [0.1, 0.15) is 5.75 Å². The first-order chi connectivity index (χ1) is 9.08. The van der Waals surface area contributed by atoms with Gasteiger partial charge in [0.05, 0.1) is 6.10 Å². The highest BCUT2D eigenvalue weighted by atomic mass is 32.2. The molecule has 0 aromatic heterocycles. The Hall–Kier alpha value is -0.710. The van der Waals surface area contributed by atoms with Crippen molar-refractivity contribution in [3.05, 3.63) is 29.8 Å². The van der Waals surface area contributed by atoms with Crippen molar-refractivity contribution in [1.82, 2.24) is 4.90 Å². The van der Waals surface area contributed by atoms with Gasteiger partial charge >= 0.3 is 0 Å². The van der Waals surface area contributed by atoms with Crippen LogP contribution in [-0.4, -0.2) is 42.1 Å². The molecule has 2 atom stereocenters. The third-order valence-electron chi connectivity index (χ3n) is 3.47. The minimum atomic E-state index is 0.0495. The van der Waals surface area contributed by atoms with Crippen molar-refractivity contribution in [2.24, 2.45) is 5.73 Å². The number of benzene rings is 1. The highest BCUT2D eigenvalue weighted by Crippen LogP contribution is 2.27. The standard InChI is InChI=1S/C15H24N2OS/c1-11(2)18-13-6-4-5-12(9-13)15(16)14-10-19-8-7-17(14)3/h4-6,9,11,14-15H,7-8,10,16H2,1-3H3. The Labute approximate surface area is 120 Å². The summed E-state index contributed by atoms with van der Waals surface area (Å²) in [5, 5.41) is 0. The number of hydrogen-bond acceptors (Lipinski definition) is 4. The molecular formula is C15H24N2OS. The Morgan fingerprint density at radius 2 is 2.21 bits per heavy atom. The second-order valence-electron chi connectivity index (χ2n) is 5.39. The molecule has 2 unspecified atom stereocenters. The van der Waals surface area contributed by atoms with Gasteiger partial charge in [-0.05, 0) is 38.6 Å². The van der Waals surface area contributed by atoms with E-state index >= 15 is 0 Å². The fraction of sp³-hybridized carbons (Fsp3) is 0.600. The van der Waals surface area contributed by atoms with Crippen LogP contribution in [0.25, 0.3) is 0 Å². The van der Waals surface area contributed by atoms with Crippen LogP contribution in [0.3, 0.4) is 0 Å². The summed E-state index contributed by atoms with van der Waals surface area (Å²) < 4.78 is 5.74. The van der Waals surface area contributed by atoms with E-state index in [2.05, 4.69) is 24.1 Å². The van der Waals surface area contributed by atoms with Crippen LogP contribution in [0.2, 0.25) is 0 Å². The number of ether oxygens (including phenoxy) is 1. The number of hydrogen-bond donors (Lipinski definition) is 1. The van der Waals surface area contributed by atoms with Gasteiger partial charge in [-0.1, -0.05) is 12.1 Å². The summed E-state index contributed by atoms with van der Waals surface area (Å²) in [6, 6.07) is 8.67. The molecule has 2 N–H and O–H groups in total. The van der Waals surface area contributed by atoms with E-state index in [1.54, 1.807) is 0 Å². The number of likely N-dealkylation sites (N-methyl/N-ethyl adjacent to an activating group) is 1. The molecule has 1 aliphatic heterocycles. The zero-order valence-corrected chi connectivity index (χ0v) is 12.8. The predicted molar refractivity (Wildman–Crippen MR) is 82.9 cm³/mol. The molecule has 0 spiro atoms. The van der Waals surface area contributed by atoms with E-state index in [1.165, 1.54) is 5.75 Å². The third kappa shape index (κ3) is 3.88. The molecule has 1 saturated heterocycles. The van der Waals surface area contributed by atoms with Crippen LogP contribution >= 0.6 is 11.8 Å². The van der Waals surface area contributed by atoms with Crippen LogP contribution in [0.1, 0.15) is 25.5 Å². The van der Waals surface area contributed by atoms with E-state index in [9.17, 15) is 0 Å². The molecule has 0 amide bonds. The van der Waals surface area contributed by atoms with E-state index in [4.69, 9.17) is 10.5 Å². The van der Waals surface area contributed by atoms with E-state index in [0.29, 0.717) is 6.04 Å². The van der Waals surface area contributed by atoms with Crippen molar-refractivity contribution in [2.75, 3.05) is 25.1 Å². The Morgan fingerprint density at radius 1 is 1.42 bits per heavy atom. The molecule has 19 heavy (non-hydrogen) atoms. The number of nitrogens with two attached hydrogens (primary N) is 1. The molecule has 1 fully saturated rings. The van der Waals surface area contributed by atoms with E-state index < -0.39 is 0 Å². The van der Waals surface area contributed by atoms with Gasteiger partial charge in [0, 0.05) is 30.1 Å². The lowest BCUT2D eigenvalue weighted by Crippen LogP contribution is -2.46. The van der Waals surface area contributed by atoms with Gasteiger partial charge < -0.3 is 10.5 Å². The van der Waals surface area contributed by atoms with Gasteiger partial charge in [0.2, 0.25) is 0 Å². The molecule has 1 aliphatic rings. The second kappa shape index (κ2) is 6.64. The van der Waals surface area contributed by atoms with Crippen LogP contribution < -0.4 is 10.5 Å². The largest absolute Gasteiger partial charge is 0.491 e. The molecule has 0 radical (unpaired) electrons. The lowest BCUT2D eigenvalue weighted by molar-refractivity contribution is 0.233. The molecule has 0 saturated carbocycles. The Balaban J connectivity index is 2.11. The minimum Gasteiger partial charge on any atom is -0.491 e. The zero-order valence-electron chi connectivity index (χ0n) is 12.0. The van der Waals surface area contributed by atoms with Crippen molar-refractivity contribution in [3.8, 4) is 5.75 Å². The molecule has 4 heteroatoms. The molecular weight excluding hydrogens is 256 g/mol. The van der Waals surface area contributed by atoms with Gasteiger partial charge in [-0.25, -0.2) is 0 Å². The topological polar surface area (TPSA) is 38.5 Å². The maximum Gasteiger partial charge on any atom is 0.120 e. The van der Waals surface area contributed by atoms with Crippen LogP contribution in [-0.2, 0) is 0 Å². The summed E-state index contributed by atoms with van der Waals surface area (Å²) in [5.41, 5.74) is 7.61. The molecule has 0 bridgehead atoms. The van der Waals surface area contributed by atoms with Crippen molar-refractivity contribution < 1.29 is 4.74 Å². The Kier molecular flexibility index (Phi) is 5.13. The van der Waals surface area contributed by atoms with E-state index in [-0.39, 0.29) is 12.1 Å². The van der Waals surface area contributed by atoms with Crippen molar-refractivity contribution in [1.29, 1.82) is 0 Å². The van der Waals surface area contributed by atoms with Crippen LogP contribution in [0.5, 0.6) is 5.75 Å². The lowest BCUT2D eigenvalue weighted by Gasteiger charge is -2.36. The van der Waals surface area contributed by atoms with Gasteiger partial charge in [-0.15, -0.1) is 0 Å². The summed E-state index contributed by atoms with van der Waals surface area (Å²) in [6.45, 7) is 5.20. The Bertz CT molecular complexity index is 411. The third-order valence-corrected chi connectivity index (χ3v) is 4.52. The average molecular weight is 280 g/mol. The van der Waals surface area contributed by atoms with E-state index in [1.807, 2.05) is 37.7 Å². The van der Waals surface area contributed by atoms with Crippen LogP contribution in [0.15, 0.2) is 24.3 Å². The SMILES string of the molecule is CC(C)Oc1cccc(C(N)C2CSCCN2C)c1. The summed E-state index contributed by atoms with van der Waals surface area (Å²) in [5.74, 6) is 3.22. The monoisotopic (exact) mass is 280 g/mol. The minimum absolute atomic E-state index is 0.0495. The van der Waals surface area contributed by atoms with Gasteiger partial charge in [0.15, 0.2) is 0 Å². The Morgan fingerprint density at radius 3 is 2.89 bits per heavy atom. The first-order valence-corrected chi connectivity index (χ1v) is 8.03. The van der Waals surface area contributed by atoms with Crippen molar-refractivity contribution in [3.63, 3.8) is 0 Å². The lowest BCUT2D eigenvalue weighted by atomic mass is 10.00. The van der Waals surface area contributed by atoms with Gasteiger partial charge in [0.25, 0.3) is 0 Å². The summed E-state index contributed by atoms with van der Waals surface area (Å²) in [6.07, 6.45) is 0.194. The molecule has 0 aliphatic carbocycles. The quantitative estimate of drug-likeness (QED) is 0.920. The normalized spacial score (nSPS) is 22.5. The second-order valence-corrected chi connectivity index (χ2v) is 6.54. The number of rotatable bonds is 4. The first-order valence-electron chi connectivity index (χ1n) is 6.88. The number of nitrogens with zero attached hydrogens (tertiary/aromatic N) is 1. The van der Waals surface area contributed by atoms with Crippen LogP contribution in [0.4, 0.5) is 0 Å². The fourth-order valence-corrected chi connectivity index (χ4v) is 3.66. The summed E-state index contributed by atoms with van der Waals surface area (Å²) in [4.78, 5) is 2.37. The summed E-state index contributed by atoms with van der Waals surface area (Å²) in [7, 11) is 2.17. The predicted octanol–water partition coefficient (Wildman–Crippen LogP) is 2.52. The smallest absolute Gasteiger partial charge is 0.120 e. The average Bonchev–Trinajstić information content (AvgIpc) is 2.38. The zero-order chi connectivity index (χ0) is 13.8. The first kappa shape index (κ1) is 14.7. The molecule has 1 aromatic rings. The van der Waals surface area contributed by atoms with Gasteiger partial charge in [-0.2, -0.15) is 11.8 Å². The molecule has 1 aromatic carbocycles. The fourth-order valence-electron chi connectivity index (χ4n) is 2.37. The van der Waals surface area contributed by atoms with E-state index in [0.717, 1.165) is 23.6 Å². The highest BCUT2D eigenvalue weighted by molar-refractivity contribution is 7.99. The van der Waals surface area contributed by atoms with Crippen LogP contribution in [0, 0.1) is 0 Å². The van der Waals surface area contributed by atoms with Crippen molar-refractivity contribution in [2.45, 2.75) is 32.0 Å². The molecule has 1 heterocycles. The van der Waals surface area contributed by atoms with Gasteiger partial charge in [-0.3, -0.25) is 4.90 Å². The maximum atomic E-state index is 6.45. The summed E-state index contributed by atoms with van der Waals surface area (Å²) >= 11 is 1.99. The molecule has 3 nitrogen and oxygen atoms in total.